The lowest BCUT2D eigenvalue weighted by Crippen LogP contribution is -2.57. The number of phenols is 1. The molecule has 0 spiro atoms. The summed E-state index contributed by atoms with van der Waals surface area (Å²) in [5.74, 6) is 1.25. The topological polar surface area (TPSA) is 56.2 Å². The van der Waals surface area contributed by atoms with Crippen molar-refractivity contribution < 1.29 is 14.6 Å². The van der Waals surface area contributed by atoms with Gasteiger partial charge in [0.1, 0.15) is 11.5 Å². The van der Waals surface area contributed by atoms with Gasteiger partial charge in [-0.25, -0.2) is 5.01 Å². The van der Waals surface area contributed by atoms with E-state index in [2.05, 4.69) is 42.8 Å². The third kappa shape index (κ3) is 4.17. The first-order valence-electron chi connectivity index (χ1n) is 12.0. The SMILES string of the molecule is CCOc1ccccc1N1CCN(N(C(C)=O)C2c3c(O)c(C)cc(C)c3CC2(C)C)CC1. The van der Waals surface area contributed by atoms with Crippen molar-refractivity contribution in [1.29, 1.82) is 0 Å². The normalized spacial score (nSPS) is 19.9. The quantitative estimate of drug-likeness (QED) is 0.719. The Kier molecular flexibility index (Phi) is 6.32. The minimum atomic E-state index is -0.189. The van der Waals surface area contributed by atoms with Gasteiger partial charge >= 0.3 is 0 Å². The number of carbonyl (C=O) groups is 1. The Morgan fingerprint density at radius 3 is 2.45 bits per heavy atom. The largest absolute Gasteiger partial charge is 0.507 e. The van der Waals surface area contributed by atoms with E-state index in [1.54, 1.807) is 6.92 Å². The zero-order chi connectivity index (χ0) is 23.9. The van der Waals surface area contributed by atoms with Crippen LogP contribution >= 0.6 is 0 Å². The molecule has 2 aromatic rings. The summed E-state index contributed by atoms with van der Waals surface area (Å²) in [4.78, 5) is 15.4. The smallest absolute Gasteiger partial charge is 0.234 e. The van der Waals surface area contributed by atoms with Crippen LogP contribution in [0, 0.1) is 19.3 Å². The summed E-state index contributed by atoms with van der Waals surface area (Å²) >= 11 is 0. The van der Waals surface area contributed by atoms with Crippen molar-refractivity contribution in [2.24, 2.45) is 5.41 Å². The number of hydrogen-bond donors (Lipinski definition) is 1. The number of hydrazine groups is 1. The Hall–Kier alpha value is -2.73. The second kappa shape index (κ2) is 8.90. The van der Waals surface area contributed by atoms with Crippen LogP contribution < -0.4 is 9.64 Å². The zero-order valence-electron chi connectivity index (χ0n) is 20.8. The Labute approximate surface area is 197 Å². The van der Waals surface area contributed by atoms with Crippen LogP contribution in [0.25, 0.3) is 0 Å². The molecule has 2 aliphatic rings. The van der Waals surface area contributed by atoms with Gasteiger partial charge in [0.25, 0.3) is 0 Å². The highest BCUT2D eigenvalue weighted by Gasteiger charge is 2.48. The van der Waals surface area contributed by atoms with E-state index in [1.165, 1.54) is 11.1 Å². The number of phenolic OH excluding ortho intramolecular Hbond substituents is 1. The highest BCUT2D eigenvalue weighted by Crippen LogP contribution is 2.54. The standard InChI is InChI=1S/C27H37N3O3/c1-7-33-23-11-9-8-10-22(23)28-12-14-29(15-13-28)30(20(4)31)26-24-21(17-27(26,5)6)18(2)16-19(3)25(24)32/h8-11,16,26,32H,7,12-15,17H2,1-6H3. The first-order chi connectivity index (χ1) is 15.7. The lowest BCUT2D eigenvalue weighted by Gasteiger charge is -2.47. The molecule has 1 saturated heterocycles. The number of para-hydroxylation sites is 2. The second-order valence-corrected chi connectivity index (χ2v) is 10.0. The van der Waals surface area contributed by atoms with Gasteiger partial charge in [0, 0.05) is 38.7 Å². The van der Waals surface area contributed by atoms with Crippen LogP contribution in [0.1, 0.15) is 56.0 Å². The Balaban J connectivity index is 1.63. The summed E-state index contributed by atoms with van der Waals surface area (Å²) in [5.41, 5.74) is 5.10. The van der Waals surface area contributed by atoms with Crippen molar-refractivity contribution in [2.45, 2.75) is 54.0 Å². The molecule has 1 aliphatic carbocycles. The van der Waals surface area contributed by atoms with Crippen LogP contribution in [-0.4, -0.2) is 53.8 Å². The van der Waals surface area contributed by atoms with Crippen molar-refractivity contribution in [1.82, 2.24) is 10.0 Å². The minimum Gasteiger partial charge on any atom is -0.507 e. The number of aromatic hydroxyl groups is 1. The van der Waals surface area contributed by atoms with Crippen LogP contribution in [0.5, 0.6) is 11.5 Å². The van der Waals surface area contributed by atoms with Gasteiger partial charge in [-0.3, -0.25) is 9.80 Å². The van der Waals surface area contributed by atoms with E-state index in [0.29, 0.717) is 12.4 Å². The number of ether oxygens (including phenoxy) is 1. The third-order valence-corrected chi connectivity index (χ3v) is 7.14. The van der Waals surface area contributed by atoms with Crippen molar-refractivity contribution in [2.75, 3.05) is 37.7 Å². The summed E-state index contributed by atoms with van der Waals surface area (Å²) in [6, 6.07) is 10.0. The molecular weight excluding hydrogens is 414 g/mol. The first kappa shape index (κ1) is 23.4. The summed E-state index contributed by atoms with van der Waals surface area (Å²) in [6.45, 7) is 15.8. The first-order valence-corrected chi connectivity index (χ1v) is 12.0. The molecule has 1 amide bonds. The van der Waals surface area contributed by atoms with Gasteiger partial charge in [-0.1, -0.05) is 32.0 Å². The molecule has 0 radical (unpaired) electrons. The molecule has 0 bridgehead atoms. The molecule has 1 atom stereocenters. The number of carbonyl (C=O) groups excluding carboxylic acids is 1. The van der Waals surface area contributed by atoms with Gasteiger partial charge in [-0.05, 0) is 61.4 Å². The fraction of sp³-hybridized carbons (Fsp3) is 0.519. The van der Waals surface area contributed by atoms with Gasteiger partial charge < -0.3 is 14.7 Å². The monoisotopic (exact) mass is 451 g/mol. The molecule has 1 aliphatic heterocycles. The third-order valence-electron chi connectivity index (χ3n) is 7.14. The number of benzene rings is 2. The lowest BCUT2D eigenvalue weighted by atomic mass is 9.84. The Bertz CT molecular complexity index is 1040. The highest BCUT2D eigenvalue weighted by molar-refractivity contribution is 5.74. The number of fused-ring (bicyclic) bond motifs is 1. The average Bonchev–Trinajstić information content (AvgIpc) is 3.05. The molecule has 6 heteroatoms. The van der Waals surface area contributed by atoms with Crippen molar-refractivity contribution >= 4 is 11.6 Å². The highest BCUT2D eigenvalue weighted by atomic mass is 16.5. The number of aryl methyl sites for hydroxylation is 2. The number of anilines is 1. The number of hydrogen-bond acceptors (Lipinski definition) is 5. The van der Waals surface area contributed by atoms with Gasteiger partial charge in [0.2, 0.25) is 5.91 Å². The van der Waals surface area contributed by atoms with Gasteiger partial charge in [0.15, 0.2) is 0 Å². The van der Waals surface area contributed by atoms with E-state index in [1.807, 2.05) is 37.1 Å². The maximum atomic E-state index is 13.1. The van der Waals surface area contributed by atoms with Gasteiger partial charge in [-0.15, -0.1) is 0 Å². The van der Waals surface area contributed by atoms with Crippen LogP contribution in [-0.2, 0) is 11.2 Å². The number of rotatable bonds is 5. The molecule has 178 valence electrons. The molecule has 1 heterocycles. The maximum Gasteiger partial charge on any atom is 0.234 e. The summed E-state index contributed by atoms with van der Waals surface area (Å²) in [6.07, 6.45) is 0.845. The molecule has 33 heavy (non-hydrogen) atoms. The molecule has 4 rings (SSSR count). The predicted octanol–water partition coefficient (Wildman–Crippen LogP) is 4.62. The van der Waals surface area contributed by atoms with Gasteiger partial charge in [0.05, 0.1) is 18.3 Å². The summed E-state index contributed by atoms with van der Waals surface area (Å²) in [7, 11) is 0. The number of piperazine rings is 1. The van der Waals surface area contributed by atoms with Crippen LogP contribution in [0.15, 0.2) is 30.3 Å². The van der Waals surface area contributed by atoms with Crippen LogP contribution in [0.4, 0.5) is 5.69 Å². The summed E-state index contributed by atoms with van der Waals surface area (Å²) < 4.78 is 5.84. The Morgan fingerprint density at radius 2 is 1.82 bits per heavy atom. The Morgan fingerprint density at radius 1 is 1.15 bits per heavy atom. The van der Waals surface area contributed by atoms with Crippen molar-refractivity contribution in [3.05, 3.63) is 52.6 Å². The molecule has 6 nitrogen and oxygen atoms in total. The fourth-order valence-corrected chi connectivity index (χ4v) is 5.67. The van der Waals surface area contributed by atoms with E-state index < -0.39 is 0 Å². The van der Waals surface area contributed by atoms with E-state index in [9.17, 15) is 9.90 Å². The molecule has 1 fully saturated rings. The van der Waals surface area contributed by atoms with Crippen molar-refractivity contribution in [3.63, 3.8) is 0 Å². The molecular formula is C27H37N3O3. The molecule has 1 unspecified atom stereocenters. The van der Waals surface area contributed by atoms with E-state index in [-0.39, 0.29) is 17.4 Å². The lowest BCUT2D eigenvalue weighted by molar-refractivity contribution is -0.161. The second-order valence-electron chi connectivity index (χ2n) is 10.0. The van der Waals surface area contributed by atoms with Crippen LogP contribution in [0.2, 0.25) is 0 Å². The zero-order valence-corrected chi connectivity index (χ0v) is 20.8. The summed E-state index contributed by atoms with van der Waals surface area (Å²) in [5, 5.41) is 15.2. The van der Waals surface area contributed by atoms with E-state index >= 15 is 0 Å². The number of nitrogens with zero attached hydrogens (tertiary/aromatic N) is 3. The van der Waals surface area contributed by atoms with Gasteiger partial charge in [-0.2, -0.15) is 0 Å². The maximum absolute atomic E-state index is 13.1. The molecule has 0 saturated carbocycles. The van der Waals surface area contributed by atoms with E-state index in [4.69, 9.17) is 4.74 Å². The molecule has 0 aromatic heterocycles. The van der Waals surface area contributed by atoms with Crippen LogP contribution in [0.3, 0.4) is 0 Å². The fourth-order valence-electron chi connectivity index (χ4n) is 5.67. The molecule has 2 aromatic carbocycles. The van der Waals surface area contributed by atoms with E-state index in [0.717, 1.165) is 55.2 Å². The predicted molar refractivity (Wildman–Crippen MR) is 132 cm³/mol. The number of amides is 1. The minimum absolute atomic E-state index is 0.0163. The van der Waals surface area contributed by atoms with Crippen molar-refractivity contribution in [3.8, 4) is 11.5 Å². The molecule has 1 N–H and O–H groups in total. The average molecular weight is 452 g/mol.